The highest BCUT2D eigenvalue weighted by molar-refractivity contribution is 9.10. The number of likely N-dealkylation sites (N-methyl/N-ethyl adjacent to an activating group) is 1. The van der Waals surface area contributed by atoms with Crippen LogP contribution < -0.4 is 15.5 Å². The molecule has 164 valence electrons. The monoisotopic (exact) mass is 507 g/mol. The molecular weight excluding hydrogens is 486 g/mol. The molecule has 3 aromatic heterocycles. The van der Waals surface area contributed by atoms with Crippen LogP contribution in [-0.2, 0) is 4.79 Å². The molecule has 0 aromatic carbocycles. The van der Waals surface area contributed by atoms with Crippen molar-refractivity contribution in [2.45, 2.75) is 0 Å². The summed E-state index contributed by atoms with van der Waals surface area (Å²) in [4.78, 5) is 40.5. The van der Waals surface area contributed by atoms with Crippen molar-refractivity contribution in [2.24, 2.45) is 0 Å². The van der Waals surface area contributed by atoms with E-state index in [1.165, 1.54) is 6.20 Å². The summed E-state index contributed by atoms with van der Waals surface area (Å²) in [5, 5.41) is 6.70. The number of H-pyrrole nitrogens is 1. The van der Waals surface area contributed by atoms with Gasteiger partial charge in [-0.25, -0.2) is 4.98 Å². The van der Waals surface area contributed by atoms with E-state index in [1.54, 1.807) is 37.8 Å². The molecule has 1 saturated heterocycles. The van der Waals surface area contributed by atoms with Gasteiger partial charge in [0.15, 0.2) is 0 Å². The number of carbonyl (C=O) groups excluding carboxylic acids is 2. The lowest BCUT2D eigenvalue weighted by Crippen LogP contribution is -2.50. The molecule has 4 heterocycles. The molecular formula is C20H23BrClN7O2. The number of amides is 2. The van der Waals surface area contributed by atoms with Crippen LogP contribution in [0.15, 0.2) is 41.4 Å². The van der Waals surface area contributed by atoms with Gasteiger partial charge in [0.2, 0.25) is 5.91 Å². The Morgan fingerprint density at radius 3 is 2.68 bits per heavy atom. The number of aromatic nitrogens is 3. The highest BCUT2D eigenvalue weighted by Gasteiger charge is 2.25. The lowest BCUT2D eigenvalue weighted by Gasteiger charge is -2.37. The molecule has 1 aliphatic rings. The van der Waals surface area contributed by atoms with Gasteiger partial charge < -0.3 is 25.4 Å². The van der Waals surface area contributed by atoms with Gasteiger partial charge in [-0.15, -0.1) is 12.4 Å². The second-order valence-electron chi connectivity index (χ2n) is 6.97. The van der Waals surface area contributed by atoms with Crippen molar-refractivity contribution < 1.29 is 9.59 Å². The SMILES string of the molecule is CNCC(=O)N1CCN(c2c(Br)cnc3[nH]cc(NC(=O)c4cccnc4)c23)CC1.Cl. The summed E-state index contributed by atoms with van der Waals surface area (Å²) < 4.78 is 0.835. The number of hydrogen-bond donors (Lipinski definition) is 3. The molecule has 4 rings (SSSR count). The molecule has 31 heavy (non-hydrogen) atoms. The first-order valence-corrected chi connectivity index (χ1v) is 10.4. The first-order chi connectivity index (χ1) is 14.6. The van der Waals surface area contributed by atoms with Crippen LogP contribution in [0.4, 0.5) is 11.4 Å². The van der Waals surface area contributed by atoms with Crippen LogP contribution in [0, 0.1) is 0 Å². The fraction of sp³-hybridized carbons (Fsp3) is 0.300. The van der Waals surface area contributed by atoms with E-state index in [0.29, 0.717) is 49.6 Å². The molecule has 0 atom stereocenters. The van der Waals surface area contributed by atoms with Gasteiger partial charge in [0.1, 0.15) is 5.65 Å². The van der Waals surface area contributed by atoms with Crippen LogP contribution in [0.5, 0.6) is 0 Å². The van der Waals surface area contributed by atoms with Crippen LogP contribution in [0.2, 0.25) is 0 Å². The van der Waals surface area contributed by atoms with Crippen molar-refractivity contribution in [3.05, 3.63) is 47.0 Å². The zero-order chi connectivity index (χ0) is 21.1. The van der Waals surface area contributed by atoms with E-state index in [0.717, 1.165) is 15.5 Å². The first-order valence-electron chi connectivity index (χ1n) is 9.62. The third-order valence-corrected chi connectivity index (χ3v) is 5.66. The molecule has 3 aromatic rings. The fourth-order valence-corrected chi connectivity index (χ4v) is 4.15. The van der Waals surface area contributed by atoms with Gasteiger partial charge in [0.25, 0.3) is 5.91 Å². The molecule has 11 heteroatoms. The number of halogens is 2. The zero-order valence-corrected chi connectivity index (χ0v) is 19.3. The number of anilines is 2. The Balaban J connectivity index is 0.00000272. The van der Waals surface area contributed by atoms with E-state index < -0.39 is 0 Å². The number of aromatic amines is 1. The minimum absolute atomic E-state index is 0. The molecule has 3 N–H and O–H groups in total. The second-order valence-corrected chi connectivity index (χ2v) is 7.83. The summed E-state index contributed by atoms with van der Waals surface area (Å²) >= 11 is 3.62. The number of pyridine rings is 2. The molecule has 0 aliphatic carbocycles. The Hall–Kier alpha value is -2.69. The minimum Gasteiger partial charge on any atom is -0.366 e. The number of rotatable bonds is 5. The molecule has 0 saturated carbocycles. The first kappa shape index (κ1) is 23.0. The lowest BCUT2D eigenvalue weighted by atomic mass is 10.2. The Morgan fingerprint density at radius 2 is 2.00 bits per heavy atom. The fourth-order valence-electron chi connectivity index (χ4n) is 3.60. The van der Waals surface area contributed by atoms with Gasteiger partial charge in [-0.2, -0.15) is 0 Å². The molecule has 0 radical (unpaired) electrons. The Bertz CT molecular complexity index is 1070. The van der Waals surface area contributed by atoms with E-state index in [1.807, 2.05) is 4.90 Å². The molecule has 9 nitrogen and oxygen atoms in total. The van der Waals surface area contributed by atoms with E-state index in [4.69, 9.17) is 0 Å². The largest absolute Gasteiger partial charge is 0.366 e. The van der Waals surface area contributed by atoms with Crippen LogP contribution in [0.1, 0.15) is 10.4 Å². The predicted octanol–water partition coefficient (Wildman–Crippen LogP) is 2.26. The standard InChI is InChI=1S/C20H22BrN7O2.ClH/c1-22-12-16(29)27-5-7-28(8-6-27)18-14(21)10-24-19-17(18)15(11-25-19)26-20(30)13-3-2-4-23-9-13;/h2-4,9-11,22H,5-8,12H2,1H3,(H,24,25)(H,26,30);1H. The number of fused-ring (bicyclic) bond motifs is 1. The smallest absolute Gasteiger partial charge is 0.257 e. The molecule has 0 spiro atoms. The van der Waals surface area contributed by atoms with Gasteiger partial charge in [0, 0.05) is 51.0 Å². The number of piperazine rings is 1. The van der Waals surface area contributed by atoms with Crippen molar-refractivity contribution in [3.63, 3.8) is 0 Å². The van der Waals surface area contributed by atoms with Crippen LogP contribution >= 0.6 is 28.3 Å². The van der Waals surface area contributed by atoms with Crippen LogP contribution in [0.25, 0.3) is 11.0 Å². The summed E-state index contributed by atoms with van der Waals surface area (Å²) in [5.74, 6) is -0.139. The average Bonchev–Trinajstić information content (AvgIpc) is 3.17. The summed E-state index contributed by atoms with van der Waals surface area (Å²) in [6.45, 7) is 2.99. The zero-order valence-electron chi connectivity index (χ0n) is 16.9. The second kappa shape index (κ2) is 10.1. The quantitative estimate of drug-likeness (QED) is 0.488. The lowest BCUT2D eigenvalue weighted by molar-refractivity contribution is -0.130. The van der Waals surface area contributed by atoms with Gasteiger partial charge in [-0.05, 0) is 35.1 Å². The minimum atomic E-state index is -0.239. The molecule has 1 fully saturated rings. The topological polar surface area (TPSA) is 106 Å². The maximum atomic E-state index is 12.6. The van der Waals surface area contributed by atoms with Crippen molar-refractivity contribution in [1.29, 1.82) is 0 Å². The van der Waals surface area contributed by atoms with E-state index in [2.05, 4.69) is 46.4 Å². The van der Waals surface area contributed by atoms with Crippen molar-refractivity contribution in [3.8, 4) is 0 Å². The summed E-state index contributed by atoms with van der Waals surface area (Å²) in [7, 11) is 1.77. The van der Waals surface area contributed by atoms with Gasteiger partial charge in [-0.3, -0.25) is 14.6 Å². The predicted molar refractivity (Wildman–Crippen MR) is 126 cm³/mol. The van der Waals surface area contributed by atoms with Crippen molar-refractivity contribution in [2.75, 3.05) is 50.0 Å². The molecule has 0 unspecified atom stereocenters. The number of carbonyl (C=O) groups is 2. The normalized spacial score (nSPS) is 13.7. The summed E-state index contributed by atoms with van der Waals surface area (Å²) in [5.41, 5.74) is 2.76. The summed E-state index contributed by atoms with van der Waals surface area (Å²) in [6, 6.07) is 3.44. The maximum absolute atomic E-state index is 12.6. The van der Waals surface area contributed by atoms with Gasteiger partial charge in [0.05, 0.1) is 33.3 Å². The van der Waals surface area contributed by atoms with Crippen molar-refractivity contribution in [1.82, 2.24) is 25.2 Å². The van der Waals surface area contributed by atoms with E-state index >= 15 is 0 Å². The van der Waals surface area contributed by atoms with Gasteiger partial charge in [-0.1, -0.05) is 0 Å². The van der Waals surface area contributed by atoms with E-state index in [-0.39, 0.29) is 24.2 Å². The molecule has 2 amide bonds. The third kappa shape index (κ3) is 4.81. The Kier molecular flexibility index (Phi) is 7.47. The van der Waals surface area contributed by atoms with Crippen molar-refractivity contribution >= 4 is 62.6 Å². The highest BCUT2D eigenvalue weighted by atomic mass is 79.9. The summed E-state index contributed by atoms with van der Waals surface area (Å²) in [6.07, 6.45) is 6.65. The Morgan fingerprint density at radius 1 is 1.23 bits per heavy atom. The molecule has 0 bridgehead atoms. The number of nitrogens with zero attached hydrogens (tertiary/aromatic N) is 4. The van der Waals surface area contributed by atoms with Crippen LogP contribution in [-0.4, -0.2) is 71.4 Å². The van der Waals surface area contributed by atoms with E-state index in [9.17, 15) is 9.59 Å². The Labute approximate surface area is 194 Å². The average molecular weight is 509 g/mol. The number of hydrogen-bond acceptors (Lipinski definition) is 6. The highest BCUT2D eigenvalue weighted by Crippen LogP contribution is 2.38. The number of nitrogens with one attached hydrogen (secondary N) is 3. The third-order valence-electron chi connectivity index (χ3n) is 5.08. The van der Waals surface area contributed by atoms with Gasteiger partial charge >= 0.3 is 0 Å². The molecule has 1 aliphatic heterocycles. The van der Waals surface area contributed by atoms with Crippen LogP contribution in [0.3, 0.4) is 0 Å². The maximum Gasteiger partial charge on any atom is 0.257 e.